The van der Waals surface area contributed by atoms with E-state index in [0.717, 1.165) is 16.6 Å². The Morgan fingerprint density at radius 1 is 1.19 bits per heavy atom. The smallest absolute Gasteiger partial charge is 0.277 e. The zero-order chi connectivity index (χ0) is 22.2. The number of hydrogen-bond donors (Lipinski definition) is 3. The molecule has 2 aromatic carbocycles. The summed E-state index contributed by atoms with van der Waals surface area (Å²) in [5, 5.41) is 19.9. The lowest BCUT2D eigenvalue weighted by atomic mass is 10.1. The van der Waals surface area contributed by atoms with E-state index < -0.39 is 15.9 Å². The second-order valence-electron chi connectivity index (χ2n) is 6.49. The first-order chi connectivity index (χ1) is 14.7. The van der Waals surface area contributed by atoms with Gasteiger partial charge >= 0.3 is 0 Å². The molecule has 1 amide bonds. The van der Waals surface area contributed by atoms with Gasteiger partial charge in [0.1, 0.15) is 5.75 Å². The summed E-state index contributed by atoms with van der Waals surface area (Å²) in [4.78, 5) is 20.8. The fourth-order valence-corrected chi connectivity index (χ4v) is 4.20. The van der Waals surface area contributed by atoms with Crippen molar-refractivity contribution in [3.8, 4) is 11.6 Å². The van der Waals surface area contributed by atoms with Crippen molar-refractivity contribution in [2.75, 3.05) is 12.4 Å². The van der Waals surface area contributed by atoms with Crippen molar-refractivity contribution in [1.82, 2.24) is 4.98 Å². The largest absolute Gasteiger partial charge is 0.497 e. The molecule has 0 fully saturated rings. The first-order valence-corrected chi connectivity index (χ1v) is 11.2. The lowest BCUT2D eigenvalue weighted by molar-refractivity contribution is -0.114. The molecule has 1 aliphatic rings. The van der Waals surface area contributed by atoms with Crippen molar-refractivity contribution in [3.05, 3.63) is 63.5 Å². The van der Waals surface area contributed by atoms with Crippen molar-refractivity contribution >= 4 is 50.2 Å². The van der Waals surface area contributed by atoms with Crippen LogP contribution in [0.1, 0.15) is 4.88 Å². The van der Waals surface area contributed by atoms with Gasteiger partial charge in [0.15, 0.2) is 5.13 Å². The second kappa shape index (κ2) is 7.95. The predicted molar refractivity (Wildman–Crippen MR) is 116 cm³/mol. The zero-order valence-corrected chi connectivity index (χ0v) is 17.7. The van der Waals surface area contributed by atoms with E-state index in [4.69, 9.17) is 9.88 Å². The van der Waals surface area contributed by atoms with Crippen LogP contribution >= 0.6 is 11.3 Å². The molecule has 0 saturated heterocycles. The number of hydrogen-bond acceptors (Lipinski definition) is 8. The molecule has 0 aliphatic carbocycles. The standard InChI is InChI=1S/C20H16N4O5S2/c1-29-14-4-7-16-11(9-14)8-12(18(25)23-16)10-17-19(26)24-20(30-17)22-13-2-5-15(6-3-13)31(21,27)28/h2-10,26H,1H3,(H,22,24)(H2,21,27,28)/b12-10-. The molecular weight excluding hydrogens is 440 g/mol. The summed E-state index contributed by atoms with van der Waals surface area (Å²) in [5.41, 5.74) is 0.848. The number of nitrogens with zero attached hydrogens (tertiary/aromatic N) is 2. The number of carbonyl (C=O) groups is 1. The molecule has 31 heavy (non-hydrogen) atoms. The minimum absolute atomic E-state index is 0.0162. The second-order valence-corrected chi connectivity index (χ2v) is 9.08. The first-order valence-electron chi connectivity index (χ1n) is 8.83. The maximum Gasteiger partial charge on any atom is 0.277 e. The van der Waals surface area contributed by atoms with Gasteiger partial charge in [-0.05, 0) is 54.6 Å². The maximum atomic E-state index is 12.4. The van der Waals surface area contributed by atoms with Gasteiger partial charge in [-0.15, -0.1) is 0 Å². The van der Waals surface area contributed by atoms with Crippen molar-refractivity contribution < 1.29 is 23.1 Å². The van der Waals surface area contributed by atoms with Gasteiger partial charge in [-0.2, -0.15) is 4.98 Å². The summed E-state index contributed by atoms with van der Waals surface area (Å²) in [6.07, 6.45) is 3.18. The number of aromatic hydroxyl groups is 1. The maximum absolute atomic E-state index is 12.4. The number of fused-ring (bicyclic) bond motifs is 1. The number of anilines is 2. The highest BCUT2D eigenvalue weighted by atomic mass is 32.2. The van der Waals surface area contributed by atoms with Gasteiger partial charge in [0, 0.05) is 16.5 Å². The number of primary sulfonamides is 1. The fourth-order valence-electron chi connectivity index (χ4n) is 2.85. The van der Waals surface area contributed by atoms with E-state index in [-0.39, 0.29) is 10.8 Å². The summed E-state index contributed by atoms with van der Waals surface area (Å²) in [5.74, 6) is -0.0446. The normalized spacial score (nSPS) is 14.5. The number of aromatic nitrogens is 1. The van der Waals surface area contributed by atoms with Crippen LogP contribution in [0.25, 0.3) is 12.2 Å². The SMILES string of the molecule is COc1ccc2c(c1)=C/C(=C/c1sc(Nc3ccc(S(N)(=O)=O)cc3)nc1O)C(=O)N=2. The minimum Gasteiger partial charge on any atom is -0.497 e. The molecule has 0 radical (unpaired) electrons. The Morgan fingerprint density at radius 3 is 2.61 bits per heavy atom. The Hall–Kier alpha value is -3.54. The highest BCUT2D eigenvalue weighted by Gasteiger charge is 2.15. The number of carbonyl (C=O) groups excluding carboxylic acids is 1. The van der Waals surface area contributed by atoms with Gasteiger partial charge in [-0.3, -0.25) is 4.79 Å². The van der Waals surface area contributed by atoms with Crippen LogP contribution in [0.2, 0.25) is 0 Å². The topological polar surface area (TPSA) is 144 Å². The van der Waals surface area contributed by atoms with Crippen LogP contribution in [-0.2, 0) is 14.8 Å². The van der Waals surface area contributed by atoms with E-state index >= 15 is 0 Å². The van der Waals surface area contributed by atoms with Crippen molar-refractivity contribution in [2.45, 2.75) is 4.90 Å². The number of thiazole rings is 1. The fraction of sp³-hybridized carbons (Fsp3) is 0.0500. The third-order valence-corrected chi connectivity index (χ3v) is 6.21. The Labute approximate surface area is 180 Å². The van der Waals surface area contributed by atoms with Crippen LogP contribution in [-0.4, -0.2) is 31.5 Å². The van der Waals surface area contributed by atoms with Gasteiger partial charge in [0.05, 0.1) is 22.2 Å². The van der Waals surface area contributed by atoms with Gasteiger partial charge < -0.3 is 15.2 Å². The number of nitrogens with one attached hydrogen (secondary N) is 1. The highest BCUT2D eigenvalue weighted by molar-refractivity contribution is 7.89. The molecule has 0 unspecified atom stereocenters. The number of nitrogens with two attached hydrogens (primary N) is 1. The average molecular weight is 457 g/mol. The minimum atomic E-state index is -3.78. The van der Waals surface area contributed by atoms with E-state index in [9.17, 15) is 18.3 Å². The number of amides is 1. The number of sulfonamides is 1. The molecule has 0 bridgehead atoms. The number of methoxy groups -OCH3 is 1. The Balaban J connectivity index is 1.62. The molecular formula is C20H16N4O5S2. The number of ether oxygens (including phenoxy) is 1. The van der Waals surface area contributed by atoms with E-state index in [0.29, 0.717) is 32.4 Å². The van der Waals surface area contributed by atoms with E-state index in [1.54, 1.807) is 31.4 Å². The third kappa shape index (κ3) is 4.48. The molecule has 11 heteroatoms. The molecule has 4 rings (SSSR count). The van der Waals surface area contributed by atoms with Gasteiger partial charge in [-0.25, -0.2) is 18.5 Å². The summed E-state index contributed by atoms with van der Waals surface area (Å²) in [6, 6.07) is 11.0. The monoisotopic (exact) mass is 456 g/mol. The zero-order valence-electron chi connectivity index (χ0n) is 16.1. The molecule has 0 spiro atoms. The summed E-state index contributed by atoms with van der Waals surface area (Å²) in [6.45, 7) is 0. The predicted octanol–water partition coefficient (Wildman–Crippen LogP) is 1.27. The molecule has 9 nitrogen and oxygen atoms in total. The Kier molecular flexibility index (Phi) is 5.31. The van der Waals surface area contributed by atoms with E-state index in [2.05, 4.69) is 15.3 Å². The molecule has 1 aliphatic heterocycles. The molecule has 2 heterocycles. The van der Waals surface area contributed by atoms with Gasteiger partial charge in [0.2, 0.25) is 15.9 Å². The average Bonchev–Trinajstić information content (AvgIpc) is 3.06. The summed E-state index contributed by atoms with van der Waals surface area (Å²) in [7, 11) is -2.23. The summed E-state index contributed by atoms with van der Waals surface area (Å²) < 4.78 is 27.9. The molecule has 158 valence electrons. The summed E-state index contributed by atoms with van der Waals surface area (Å²) >= 11 is 1.12. The van der Waals surface area contributed by atoms with E-state index in [1.807, 2.05) is 0 Å². The quantitative estimate of drug-likeness (QED) is 0.491. The number of benzene rings is 2. The van der Waals surface area contributed by atoms with Crippen molar-refractivity contribution in [1.29, 1.82) is 0 Å². The molecule has 0 atom stereocenters. The van der Waals surface area contributed by atoms with Crippen LogP contribution in [0.4, 0.5) is 10.8 Å². The molecule has 3 aromatic rings. The van der Waals surface area contributed by atoms with Crippen LogP contribution < -0.4 is 25.8 Å². The van der Waals surface area contributed by atoms with Gasteiger partial charge in [0.25, 0.3) is 5.91 Å². The highest BCUT2D eigenvalue weighted by Crippen LogP contribution is 2.32. The lowest BCUT2D eigenvalue weighted by Gasteiger charge is -2.05. The van der Waals surface area contributed by atoms with Crippen molar-refractivity contribution in [3.63, 3.8) is 0 Å². The number of rotatable bonds is 5. The molecule has 0 saturated carbocycles. The Morgan fingerprint density at radius 2 is 1.94 bits per heavy atom. The lowest BCUT2D eigenvalue weighted by Crippen LogP contribution is -2.30. The van der Waals surface area contributed by atoms with Crippen LogP contribution in [0.15, 0.2) is 57.9 Å². The van der Waals surface area contributed by atoms with Crippen LogP contribution in [0.3, 0.4) is 0 Å². The van der Waals surface area contributed by atoms with Gasteiger partial charge in [-0.1, -0.05) is 11.3 Å². The third-order valence-electron chi connectivity index (χ3n) is 4.37. The Bertz CT molecular complexity index is 1440. The van der Waals surface area contributed by atoms with E-state index in [1.165, 1.54) is 30.3 Å². The van der Waals surface area contributed by atoms with Crippen molar-refractivity contribution in [2.24, 2.45) is 10.1 Å². The molecule has 1 aromatic heterocycles. The van der Waals surface area contributed by atoms with Crippen LogP contribution in [0, 0.1) is 0 Å². The first kappa shape index (κ1) is 20.7. The molecule has 4 N–H and O–H groups in total. The van der Waals surface area contributed by atoms with Crippen LogP contribution in [0.5, 0.6) is 11.6 Å².